The third kappa shape index (κ3) is 17.9. The summed E-state index contributed by atoms with van der Waals surface area (Å²) >= 11 is 0. The van der Waals surface area contributed by atoms with E-state index in [1.54, 1.807) is 11.9 Å². The molecular formula is C21H42N2O3. The van der Waals surface area contributed by atoms with Gasteiger partial charge in [-0.2, -0.15) is 0 Å². The molecular weight excluding hydrogens is 328 g/mol. The number of hydrogen-bond acceptors (Lipinski definition) is 4. The average molecular weight is 371 g/mol. The standard InChI is InChI=1S/C21H42N2O3/c1-3-4-5-6-7-8-9-10-11-12-13-14-15-16-17-18-21(24)22(2)19-20-23(25)26/h10-11,25-26H,3-9,12-20H2,1-2H3/b11-10-. The van der Waals surface area contributed by atoms with Crippen LogP contribution in [0.25, 0.3) is 0 Å². The fourth-order valence-electron chi connectivity index (χ4n) is 2.90. The molecule has 0 bridgehead atoms. The number of unbranched alkanes of at least 4 members (excludes halogenated alkanes) is 11. The van der Waals surface area contributed by atoms with Crippen LogP contribution in [-0.2, 0) is 4.79 Å². The van der Waals surface area contributed by atoms with Crippen LogP contribution in [0.5, 0.6) is 0 Å². The number of amides is 1. The largest absolute Gasteiger partial charge is 0.344 e. The van der Waals surface area contributed by atoms with Crippen molar-refractivity contribution in [3.63, 3.8) is 0 Å². The van der Waals surface area contributed by atoms with Crippen LogP contribution in [0.2, 0.25) is 0 Å². The van der Waals surface area contributed by atoms with E-state index in [2.05, 4.69) is 19.1 Å². The highest BCUT2D eigenvalue weighted by molar-refractivity contribution is 5.75. The Morgan fingerprint density at radius 1 is 0.769 bits per heavy atom. The van der Waals surface area contributed by atoms with Gasteiger partial charge in [0.1, 0.15) is 0 Å². The van der Waals surface area contributed by atoms with Crippen LogP contribution in [0.1, 0.15) is 96.8 Å². The Morgan fingerprint density at radius 3 is 1.81 bits per heavy atom. The van der Waals surface area contributed by atoms with Gasteiger partial charge in [-0.25, -0.2) is 0 Å². The number of carbonyl (C=O) groups is 1. The molecule has 0 aromatic heterocycles. The normalized spacial score (nSPS) is 11.6. The second-order valence-corrected chi connectivity index (χ2v) is 7.25. The van der Waals surface area contributed by atoms with E-state index >= 15 is 0 Å². The van der Waals surface area contributed by atoms with Gasteiger partial charge in [-0.1, -0.05) is 75.7 Å². The van der Waals surface area contributed by atoms with Crippen LogP contribution in [0.3, 0.4) is 0 Å². The van der Waals surface area contributed by atoms with Crippen molar-refractivity contribution in [1.29, 1.82) is 0 Å². The van der Waals surface area contributed by atoms with Gasteiger partial charge < -0.3 is 4.90 Å². The molecule has 1 amide bonds. The molecule has 0 spiro atoms. The molecule has 0 aromatic carbocycles. The summed E-state index contributed by atoms with van der Waals surface area (Å²) < 4.78 is 0. The maximum absolute atomic E-state index is 11.8. The minimum Gasteiger partial charge on any atom is -0.344 e. The van der Waals surface area contributed by atoms with Crippen molar-refractivity contribution in [2.24, 2.45) is 0 Å². The second-order valence-electron chi connectivity index (χ2n) is 7.25. The summed E-state index contributed by atoms with van der Waals surface area (Å²) in [6.07, 6.45) is 21.5. The second kappa shape index (κ2) is 18.9. The molecule has 0 saturated heterocycles. The van der Waals surface area contributed by atoms with Crippen molar-refractivity contribution in [2.45, 2.75) is 96.8 Å². The van der Waals surface area contributed by atoms with Gasteiger partial charge in [-0.3, -0.25) is 15.2 Å². The summed E-state index contributed by atoms with van der Waals surface area (Å²) in [6, 6.07) is 0. The van der Waals surface area contributed by atoms with E-state index in [0.29, 0.717) is 13.0 Å². The van der Waals surface area contributed by atoms with Gasteiger partial charge >= 0.3 is 0 Å². The number of likely N-dealkylation sites (N-methyl/N-ethyl adjacent to an activating group) is 1. The van der Waals surface area contributed by atoms with E-state index in [1.807, 2.05) is 0 Å². The molecule has 0 radical (unpaired) electrons. The Hall–Kier alpha value is -0.910. The van der Waals surface area contributed by atoms with Gasteiger partial charge in [-0.15, -0.1) is 0 Å². The molecule has 0 aliphatic carbocycles. The first-order valence-electron chi connectivity index (χ1n) is 10.6. The number of carbonyl (C=O) groups excluding carboxylic acids is 1. The number of allylic oxidation sites excluding steroid dienone is 2. The summed E-state index contributed by atoms with van der Waals surface area (Å²) in [5, 5.41) is 17.4. The van der Waals surface area contributed by atoms with E-state index in [-0.39, 0.29) is 17.7 Å². The fourth-order valence-corrected chi connectivity index (χ4v) is 2.90. The van der Waals surface area contributed by atoms with E-state index in [0.717, 1.165) is 12.8 Å². The molecule has 0 aromatic rings. The maximum atomic E-state index is 11.8. The molecule has 154 valence electrons. The van der Waals surface area contributed by atoms with Gasteiger partial charge in [0.2, 0.25) is 5.91 Å². The summed E-state index contributed by atoms with van der Waals surface area (Å²) in [5.41, 5.74) is 0. The van der Waals surface area contributed by atoms with Crippen molar-refractivity contribution in [1.82, 2.24) is 10.1 Å². The first-order chi connectivity index (χ1) is 12.6. The molecule has 26 heavy (non-hydrogen) atoms. The Bertz CT molecular complexity index is 346. The SMILES string of the molecule is CCCCCCCC/C=C\CCCCCCCC(=O)N(C)CCN(O)O. The highest BCUT2D eigenvalue weighted by Crippen LogP contribution is 2.10. The Morgan fingerprint density at radius 2 is 1.27 bits per heavy atom. The molecule has 0 saturated carbocycles. The van der Waals surface area contributed by atoms with Crippen molar-refractivity contribution >= 4 is 5.91 Å². The van der Waals surface area contributed by atoms with Crippen LogP contribution in [0.15, 0.2) is 12.2 Å². The molecule has 0 aliphatic heterocycles. The lowest BCUT2D eigenvalue weighted by Gasteiger charge is -2.18. The van der Waals surface area contributed by atoms with Gasteiger partial charge in [0, 0.05) is 20.0 Å². The van der Waals surface area contributed by atoms with Crippen LogP contribution in [-0.4, -0.2) is 46.6 Å². The predicted octanol–water partition coefficient (Wildman–Crippen LogP) is 5.56. The zero-order valence-electron chi connectivity index (χ0n) is 17.2. The quantitative estimate of drug-likeness (QED) is 0.188. The maximum Gasteiger partial charge on any atom is 0.222 e. The van der Waals surface area contributed by atoms with Gasteiger partial charge in [0.05, 0.1) is 6.54 Å². The average Bonchev–Trinajstić information content (AvgIpc) is 2.62. The molecule has 0 fully saturated rings. The molecule has 0 heterocycles. The van der Waals surface area contributed by atoms with Crippen LogP contribution in [0, 0.1) is 0 Å². The number of rotatable bonds is 18. The predicted molar refractivity (Wildman–Crippen MR) is 107 cm³/mol. The monoisotopic (exact) mass is 370 g/mol. The van der Waals surface area contributed by atoms with E-state index in [4.69, 9.17) is 10.4 Å². The van der Waals surface area contributed by atoms with Crippen LogP contribution in [0.4, 0.5) is 0 Å². The van der Waals surface area contributed by atoms with E-state index in [9.17, 15) is 4.79 Å². The highest BCUT2D eigenvalue weighted by atomic mass is 16.8. The number of hydrogen-bond donors (Lipinski definition) is 2. The number of hydroxylamine groups is 2. The summed E-state index contributed by atoms with van der Waals surface area (Å²) in [6.45, 7) is 2.64. The smallest absolute Gasteiger partial charge is 0.222 e. The third-order valence-electron chi connectivity index (χ3n) is 4.71. The van der Waals surface area contributed by atoms with Crippen molar-refractivity contribution in [2.75, 3.05) is 20.1 Å². The zero-order chi connectivity index (χ0) is 19.5. The summed E-state index contributed by atoms with van der Waals surface area (Å²) in [4.78, 5) is 13.4. The van der Waals surface area contributed by atoms with Gasteiger partial charge in [0.15, 0.2) is 0 Å². The lowest BCUT2D eigenvalue weighted by Crippen LogP contribution is -2.33. The Kier molecular flexibility index (Phi) is 18.2. The molecule has 5 nitrogen and oxygen atoms in total. The first-order valence-corrected chi connectivity index (χ1v) is 10.6. The highest BCUT2D eigenvalue weighted by Gasteiger charge is 2.08. The van der Waals surface area contributed by atoms with Crippen molar-refractivity contribution in [3.05, 3.63) is 12.2 Å². The summed E-state index contributed by atoms with van der Waals surface area (Å²) in [5.74, 6) is 0.0736. The van der Waals surface area contributed by atoms with Crippen LogP contribution >= 0.6 is 0 Å². The molecule has 2 N–H and O–H groups in total. The van der Waals surface area contributed by atoms with Gasteiger partial charge in [-0.05, 0) is 32.1 Å². The minimum atomic E-state index is 0.0502. The molecule has 0 unspecified atom stereocenters. The van der Waals surface area contributed by atoms with Crippen molar-refractivity contribution in [3.8, 4) is 0 Å². The molecule has 0 atom stereocenters. The first kappa shape index (κ1) is 25.1. The number of nitrogens with zero attached hydrogens (tertiary/aromatic N) is 2. The molecule has 0 aliphatic rings. The minimum absolute atomic E-state index is 0.0502. The van der Waals surface area contributed by atoms with Gasteiger partial charge in [0.25, 0.3) is 0 Å². The fraction of sp³-hybridized carbons (Fsp3) is 0.857. The lowest BCUT2D eigenvalue weighted by atomic mass is 10.1. The molecule has 5 heteroatoms. The Balaban J connectivity index is 3.32. The summed E-state index contributed by atoms with van der Waals surface area (Å²) in [7, 11) is 1.70. The topological polar surface area (TPSA) is 64.0 Å². The van der Waals surface area contributed by atoms with E-state index in [1.165, 1.54) is 70.6 Å². The van der Waals surface area contributed by atoms with Crippen molar-refractivity contribution < 1.29 is 15.2 Å². The zero-order valence-corrected chi connectivity index (χ0v) is 17.2. The third-order valence-corrected chi connectivity index (χ3v) is 4.71. The Labute approximate surface area is 161 Å². The van der Waals surface area contributed by atoms with Crippen LogP contribution < -0.4 is 0 Å². The molecule has 0 rings (SSSR count). The lowest BCUT2D eigenvalue weighted by molar-refractivity contribution is -0.306. The van der Waals surface area contributed by atoms with E-state index < -0.39 is 0 Å².